The smallest absolute Gasteiger partial charge is 0.306 e. The van der Waals surface area contributed by atoms with Crippen molar-refractivity contribution in [1.29, 1.82) is 0 Å². The molecular formula is C18H24FNO4. The number of carboxylic acids is 1. The van der Waals surface area contributed by atoms with Crippen LogP contribution in [0.5, 0.6) is 5.75 Å². The number of ether oxygens (including phenoxy) is 1. The summed E-state index contributed by atoms with van der Waals surface area (Å²) in [6, 6.07) is 6.19. The molecule has 132 valence electrons. The zero-order chi connectivity index (χ0) is 17.5. The third-order valence-electron chi connectivity index (χ3n) is 4.54. The van der Waals surface area contributed by atoms with E-state index in [0.717, 1.165) is 0 Å². The van der Waals surface area contributed by atoms with Crippen molar-refractivity contribution in [2.75, 3.05) is 6.54 Å². The van der Waals surface area contributed by atoms with E-state index in [9.17, 15) is 14.0 Å². The van der Waals surface area contributed by atoms with Crippen molar-refractivity contribution in [2.24, 2.45) is 11.8 Å². The molecule has 1 aliphatic carbocycles. The molecule has 1 aromatic rings. The van der Waals surface area contributed by atoms with Gasteiger partial charge >= 0.3 is 5.97 Å². The zero-order valence-electron chi connectivity index (χ0n) is 13.8. The molecule has 1 saturated carbocycles. The molecule has 1 unspecified atom stereocenters. The molecule has 1 atom stereocenters. The van der Waals surface area contributed by atoms with Crippen molar-refractivity contribution in [3.63, 3.8) is 0 Å². The zero-order valence-corrected chi connectivity index (χ0v) is 13.8. The quantitative estimate of drug-likeness (QED) is 0.802. The van der Waals surface area contributed by atoms with Crippen LogP contribution in [0.1, 0.15) is 39.0 Å². The van der Waals surface area contributed by atoms with E-state index in [4.69, 9.17) is 9.84 Å². The average molecular weight is 337 g/mol. The second-order valence-corrected chi connectivity index (χ2v) is 6.21. The largest absolute Gasteiger partial charge is 0.486 e. The van der Waals surface area contributed by atoms with E-state index >= 15 is 0 Å². The van der Waals surface area contributed by atoms with Crippen LogP contribution in [0, 0.1) is 17.7 Å². The van der Waals surface area contributed by atoms with Gasteiger partial charge in [-0.05, 0) is 44.2 Å². The fourth-order valence-electron chi connectivity index (χ4n) is 2.95. The van der Waals surface area contributed by atoms with Crippen LogP contribution in [0.3, 0.4) is 0 Å². The molecule has 5 nitrogen and oxygen atoms in total. The highest BCUT2D eigenvalue weighted by atomic mass is 19.1. The number of hydrogen-bond donors (Lipinski definition) is 2. The van der Waals surface area contributed by atoms with Gasteiger partial charge in [-0.3, -0.25) is 9.59 Å². The summed E-state index contributed by atoms with van der Waals surface area (Å²) < 4.78 is 19.2. The lowest BCUT2D eigenvalue weighted by Gasteiger charge is -2.26. The molecule has 2 rings (SSSR count). The Hall–Kier alpha value is -2.11. The van der Waals surface area contributed by atoms with Crippen LogP contribution in [0.2, 0.25) is 0 Å². The highest BCUT2D eigenvalue weighted by Gasteiger charge is 2.29. The predicted molar refractivity (Wildman–Crippen MR) is 87.2 cm³/mol. The van der Waals surface area contributed by atoms with E-state index in [2.05, 4.69) is 5.32 Å². The maximum Gasteiger partial charge on any atom is 0.306 e. The van der Waals surface area contributed by atoms with Gasteiger partial charge in [-0.15, -0.1) is 0 Å². The number of halogens is 1. The van der Waals surface area contributed by atoms with Gasteiger partial charge in [0.1, 0.15) is 6.10 Å². The van der Waals surface area contributed by atoms with E-state index in [1.54, 1.807) is 18.2 Å². The highest BCUT2D eigenvalue weighted by Crippen LogP contribution is 2.29. The molecule has 0 heterocycles. The van der Waals surface area contributed by atoms with E-state index in [-0.39, 0.29) is 29.6 Å². The minimum Gasteiger partial charge on any atom is -0.486 e. The summed E-state index contributed by atoms with van der Waals surface area (Å²) in [4.78, 5) is 23.2. The van der Waals surface area contributed by atoms with E-state index in [0.29, 0.717) is 38.6 Å². The molecular weight excluding hydrogens is 313 g/mol. The molecule has 0 aliphatic heterocycles. The Bertz CT molecular complexity index is 570. The first-order valence-corrected chi connectivity index (χ1v) is 8.43. The Balaban J connectivity index is 1.79. The van der Waals surface area contributed by atoms with Crippen LogP contribution < -0.4 is 10.1 Å². The van der Waals surface area contributed by atoms with Crippen LogP contribution in [0.25, 0.3) is 0 Å². The van der Waals surface area contributed by atoms with Gasteiger partial charge in [-0.1, -0.05) is 19.1 Å². The van der Waals surface area contributed by atoms with Crippen molar-refractivity contribution >= 4 is 11.9 Å². The summed E-state index contributed by atoms with van der Waals surface area (Å²) in [5, 5.41) is 11.8. The molecule has 6 heteroatoms. The Kier molecular flexibility index (Phi) is 6.58. The first-order valence-electron chi connectivity index (χ1n) is 8.43. The van der Waals surface area contributed by atoms with Gasteiger partial charge in [0.25, 0.3) is 0 Å². The van der Waals surface area contributed by atoms with Crippen molar-refractivity contribution in [3.8, 4) is 5.75 Å². The van der Waals surface area contributed by atoms with E-state index < -0.39 is 11.8 Å². The fraction of sp³-hybridized carbons (Fsp3) is 0.556. The topological polar surface area (TPSA) is 75.6 Å². The molecule has 0 radical (unpaired) electrons. The minimum absolute atomic E-state index is 0.0746. The van der Waals surface area contributed by atoms with Crippen molar-refractivity contribution in [2.45, 2.75) is 45.1 Å². The third kappa shape index (κ3) is 4.94. The molecule has 2 N–H and O–H groups in total. The summed E-state index contributed by atoms with van der Waals surface area (Å²) in [6.07, 6.45) is 2.59. The first kappa shape index (κ1) is 18.2. The predicted octanol–water partition coefficient (Wildman–Crippen LogP) is 2.99. The van der Waals surface area contributed by atoms with Crippen molar-refractivity contribution in [3.05, 3.63) is 30.1 Å². The maximum atomic E-state index is 13.6. The number of carbonyl (C=O) groups is 2. The normalized spacial score (nSPS) is 21.8. The van der Waals surface area contributed by atoms with Crippen LogP contribution in [0.15, 0.2) is 24.3 Å². The van der Waals surface area contributed by atoms with Crippen molar-refractivity contribution in [1.82, 2.24) is 5.32 Å². The number of nitrogens with one attached hydrogen (secondary N) is 1. The Labute approximate surface area is 141 Å². The minimum atomic E-state index is -0.779. The highest BCUT2D eigenvalue weighted by molar-refractivity contribution is 5.79. The molecule has 1 aromatic carbocycles. The average Bonchev–Trinajstić information content (AvgIpc) is 2.60. The Morgan fingerprint density at radius 3 is 2.46 bits per heavy atom. The number of amides is 1. The summed E-state index contributed by atoms with van der Waals surface area (Å²) in [5.41, 5.74) is 0. The Morgan fingerprint density at radius 1 is 1.25 bits per heavy atom. The number of rotatable bonds is 7. The van der Waals surface area contributed by atoms with Crippen molar-refractivity contribution < 1.29 is 23.8 Å². The molecule has 0 spiro atoms. The van der Waals surface area contributed by atoms with E-state index in [1.165, 1.54) is 6.07 Å². The maximum absolute atomic E-state index is 13.6. The molecule has 1 amide bonds. The summed E-state index contributed by atoms with van der Waals surface area (Å²) in [5.74, 6) is -1.57. The summed E-state index contributed by atoms with van der Waals surface area (Å²) >= 11 is 0. The number of para-hydroxylation sites is 1. The second kappa shape index (κ2) is 8.66. The number of hydrogen-bond acceptors (Lipinski definition) is 3. The molecule has 0 saturated heterocycles. The number of benzene rings is 1. The molecule has 1 aliphatic rings. The third-order valence-corrected chi connectivity index (χ3v) is 4.54. The summed E-state index contributed by atoms with van der Waals surface area (Å²) in [7, 11) is 0. The first-order chi connectivity index (χ1) is 11.5. The van der Waals surface area contributed by atoms with Gasteiger partial charge in [0.05, 0.1) is 12.5 Å². The van der Waals surface area contributed by atoms with Gasteiger partial charge in [0, 0.05) is 5.92 Å². The van der Waals surface area contributed by atoms with E-state index in [1.807, 2.05) is 6.92 Å². The van der Waals surface area contributed by atoms with Crippen LogP contribution in [0.4, 0.5) is 4.39 Å². The van der Waals surface area contributed by atoms with Gasteiger partial charge in [-0.25, -0.2) is 4.39 Å². The second-order valence-electron chi connectivity index (χ2n) is 6.21. The van der Waals surface area contributed by atoms with Gasteiger partial charge < -0.3 is 15.2 Å². The molecule has 24 heavy (non-hydrogen) atoms. The number of carbonyl (C=O) groups excluding carboxylic acids is 1. The van der Waals surface area contributed by atoms with Crippen LogP contribution in [-0.4, -0.2) is 29.6 Å². The lowest BCUT2D eigenvalue weighted by molar-refractivity contribution is -0.144. The number of carboxylic acid groups (broad SMARTS) is 1. The van der Waals surface area contributed by atoms with Crippen LogP contribution >= 0.6 is 0 Å². The van der Waals surface area contributed by atoms with Gasteiger partial charge in [0.2, 0.25) is 5.91 Å². The lowest BCUT2D eigenvalue weighted by atomic mass is 9.81. The monoisotopic (exact) mass is 337 g/mol. The summed E-state index contributed by atoms with van der Waals surface area (Å²) in [6.45, 7) is 2.22. The lowest BCUT2D eigenvalue weighted by Crippen LogP contribution is -2.40. The molecule has 1 fully saturated rings. The molecule has 0 bridgehead atoms. The Morgan fingerprint density at radius 2 is 1.88 bits per heavy atom. The molecule has 0 aromatic heterocycles. The standard InChI is InChI=1S/C18H24FNO4/c1-2-14(24-16-6-4-3-5-15(16)19)11-20-17(21)12-7-9-13(10-8-12)18(22)23/h3-6,12-14H,2,7-11H2,1H3,(H,20,21)(H,22,23). The SMILES string of the molecule is CCC(CNC(=O)C1CCC(C(=O)O)CC1)Oc1ccccc1F. The van der Waals surface area contributed by atoms with Crippen LogP contribution in [-0.2, 0) is 9.59 Å². The van der Waals surface area contributed by atoms with Gasteiger partial charge in [0.15, 0.2) is 11.6 Å². The van der Waals surface area contributed by atoms with Gasteiger partial charge in [-0.2, -0.15) is 0 Å². The number of aliphatic carboxylic acids is 1. The fourth-order valence-corrected chi connectivity index (χ4v) is 2.95.